The van der Waals surface area contributed by atoms with Gasteiger partial charge in [0, 0.05) is 10.6 Å². The van der Waals surface area contributed by atoms with E-state index in [0.717, 1.165) is 17.7 Å². The molecule has 2 rings (SSSR count). The predicted octanol–water partition coefficient (Wildman–Crippen LogP) is 4.57. The summed E-state index contributed by atoms with van der Waals surface area (Å²) in [5, 5.41) is 13.1. The summed E-state index contributed by atoms with van der Waals surface area (Å²) in [5.74, 6) is -0.242. The number of halogens is 4. The summed E-state index contributed by atoms with van der Waals surface area (Å²) in [6.45, 7) is 1.69. The van der Waals surface area contributed by atoms with Crippen LogP contribution in [0.4, 0.5) is 13.2 Å². The highest BCUT2D eigenvalue weighted by Gasteiger charge is 2.31. The highest BCUT2D eigenvalue weighted by Crippen LogP contribution is 2.33. The maximum absolute atomic E-state index is 12.8. The van der Waals surface area contributed by atoms with Crippen molar-refractivity contribution < 1.29 is 28.1 Å². The molecule has 134 valence electrons. The van der Waals surface area contributed by atoms with Crippen LogP contribution in [0.25, 0.3) is 0 Å². The molecule has 0 unspecified atom stereocenters. The van der Waals surface area contributed by atoms with Gasteiger partial charge in [-0.25, -0.2) is 0 Å². The van der Waals surface area contributed by atoms with Gasteiger partial charge in [-0.3, -0.25) is 5.21 Å². The number of nitrogens with one attached hydrogen (secondary N) is 1. The molecule has 0 aliphatic heterocycles. The second-order valence-corrected chi connectivity index (χ2v) is 5.42. The molecule has 25 heavy (non-hydrogen) atoms. The van der Waals surface area contributed by atoms with Crippen molar-refractivity contribution >= 4 is 17.3 Å². The van der Waals surface area contributed by atoms with Gasteiger partial charge in [-0.1, -0.05) is 28.9 Å². The Morgan fingerprint density at radius 3 is 2.48 bits per heavy atom. The molecule has 0 fully saturated rings. The summed E-state index contributed by atoms with van der Waals surface area (Å²) in [6, 6.07) is 9.73. The average molecular weight is 375 g/mol. The molecule has 0 saturated heterocycles. The van der Waals surface area contributed by atoms with Gasteiger partial charge in [0.15, 0.2) is 5.75 Å². The number of benzene rings is 2. The Morgan fingerprint density at radius 1 is 1.20 bits per heavy atom. The van der Waals surface area contributed by atoms with Crippen molar-refractivity contribution in [3.05, 3.63) is 64.2 Å². The lowest BCUT2D eigenvalue weighted by molar-refractivity contribution is -0.138. The van der Waals surface area contributed by atoms with Gasteiger partial charge < -0.3 is 9.68 Å². The Balaban J connectivity index is 2.16. The number of rotatable bonds is 6. The smallest absolute Gasteiger partial charge is 0.391 e. The number of hydrogen-bond donors (Lipinski definition) is 2. The molecule has 0 atom stereocenters. The molecular formula is C16H14ClF3N2O3. The second kappa shape index (κ2) is 8.19. The van der Waals surface area contributed by atoms with E-state index >= 15 is 0 Å². The molecule has 0 aliphatic rings. The Hall–Kier alpha value is -2.29. The van der Waals surface area contributed by atoms with Crippen LogP contribution < -0.4 is 10.5 Å². The van der Waals surface area contributed by atoms with Crippen LogP contribution in [0.2, 0.25) is 5.02 Å². The van der Waals surface area contributed by atoms with Gasteiger partial charge in [-0.15, -0.1) is 0 Å². The molecule has 9 heteroatoms. The van der Waals surface area contributed by atoms with E-state index in [1.165, 1.54) is 18.6 Å². The first-order valence-corrected chi connectivity index (χ1v) is 7.37. The zero-order chi connectivity index (χ0) is 18.4. The van der Waals surface area contributed by atoms with E-state index in [0.29, 0.717) is 5.02 Å². The van der Waals surface area contributed by atoms with E-state index in [4.69, 9.17) is 21.6 Å². The maximum atomic E-state index is 12.8. The largest absolute Gasteiger partial charge is 0.416 e. The van der Waals surface area contributed by atoms with E-state index in [2.05, 4.69) is 9.99 Å². The average Bonchev–Trinajstić information content (AvgIpc) is 2.56. The van der Waals surface area contributed by atoms with E-state index in [-0.39, 0.29) is 23.6 Å². The molecule has 0 spiro atoms. The highest BCUT2D eigenvalue weighted by atomic mass is 35.5. The van der Waals surface area contributed by atoms with Gasteiger partial charge in [0.2, 0.25) is 0 Å². The monoisotopic (exact) mass is 374 g/mol. The van der Waals surface area contributed by atoms with Crippen LogP contribution >= 0.6 is 11.6 Å². The molecule has 0 aromatic heterocycles. The van der Waals surface area contributed by atoms with Crippen LogP contribution in [0.5, 0.6) is 5.75 Å². The molecule has 0 bridgehead atoms. The van der Waals surface area contributed by atoms with Crippen LogP contribution in [0.1, 0.15) is 23.6 Å². The van der Waals surface area contributed by atoms with E-state index in [9.17, 15) is 13.2 Å². The highest BCUT2D eigenvalue weighted by molar-refractivity contribution is 6.30. The van der Waals surface area contributed by atoms with Gasteiger partial charge in [0.1, 0.15) is 6.61 Å². The molecule has 0 radical (unpaired) electrons. The van der Waals surface area contributed by atoms with Crippen LogP contribution in [-0.4, -0.2) is 10.9 Å². The Bertz CT molecular complexity index is 749. The summed E-state index contributed by atoms with van der Waals surface area (Å²) < 4.78 is 38.3. The van der Waals surface area contributed by atoms with Crippen molar-refractivity contribution in [1.82, 2.24) is 5.64 Å². The molecule has 5 nitrogen and oxygen atoms in total. The lowest BCUT2D eigenvalue weighted by Gasteiger charge is -2.12. The minimum atomic E-state index is -4.54. The van der Waals surface area contributed by atoms with Crippen LogP contribution in [0, 0.1) is 0 Å². The first-order valence-electron chi connectivity index (χ1n) is 7.00. The van der Waals surface area contributed by atoms with Gasteiger partial charge in [-0.05, 0) is 48.5 Å². The molecule has 2 aromatic carbocycles. The molecule has 0 saturated carbocycles. The Labute approximate surface area is 146 Å². The van der Waals surface area contributed by atoms with Crippen LogP contribution in [-0.2, 0) is 17.6 Å². The third kappa shape index (κ3) is 5.35. The maximum Gasteiger partial charge on any atom is 0.416 e. The van der Waals surface area contributed by atoms with Crippen LogP contribution in [0.3, 0.4) is 0 Å². The standard InChI is InChI=1S/C16H14ClF3N2O3/c1-10(21-24-9-11-2-5-13(17)6-3-11)14-7-4-12(16(18,19)20)8-15(14)25-22-23/h2-8,22-23H,9H2,1H3/b21-10+. The molecule has 2 aromatic rings. The van der Waals surface area contributed by atoms with E-state index in [1.807, 2.05) is 0 Å². The number of nitrogens with zero attached hydrogens (tertiary/aromatic N) is 1. The summed E-state index contributed by atoms with van der Waals surface area (Å²) >= 11 is 5.78. The number of oxime groups is 1. The predicted molar refractivity (Wildman–Crippen MR) is 85.4 cm³/mol. The fourth-order valence-corrected chi connectivity index (χ4v) is 2.09. The normalized spacial score (nSPS) is 12.2. The topological polar surface area (TPSA) is 63.1 Å². The summed E-state index contributed by atoms with van der Waals surface area (Å²) in [5.41, 5.74) is 1.77. The van der Waals surface area contributed by atoms with E-state index in [1.54, 1.807) is 24.3 Å². The molecule has 0 amide bonds. The summed E-state index contributed by atoms with van der Waals surface area (Å²) in [7, 11) is 0. The summed E-state index contributed by atoms with van der Waals surface area (Å²) in [4.78, 5) is 9.82. The minimum absolute atomic E-state index is 0.156. The quantitative estimate of drug-likeness (QED) is 0.574. The first-order chi connectivity index (χ1) is 11.8. The van der Waals surface area contributed by atoms with Crippen molar-refractivity contribution in [2.45, 2.75) is 19.7 Å². The van der Waals surface area contributed by atoms with Gasteiger partial charge in [0.05, 0.1) is 11.3 Å². The van der Waals surface area contributed by atoms with Gasteiger partial charge in [0.25, 0.3) is 0 Å². The van der Waals surface area contributed by atoms with Crippen molar-refractivity contribution in [3.8, 4) is 5.75 Å². The molecule has 0 aliphatic carbocycles. The lowest BCUT2D eigenvalue weighted by Crippen LogP contribution is -2.16. The Morgan fingerprint density at radius 2 is 1.88 bits per heavy atom. The fourth-order valence-electron chi connectivity index (χ4n) is 1.96. The summed E-state index contributed by atoms with van der Waals surface area (Å²) in [6.07, 6.45) is -4.54. The van der Waals surface area contributed by atoms with Crippen molar-refractivity contribution in [2.75, 3.05) is 0 Å². The SMILES string of the molecule is C/C(=N\OCc1ccc(Cl)cc1)c1ccc(C(F)(F)F)cc1ONO. The molecule has 0 heterocycles. The molecule has 2 N–H and O–H groups in total. The lowest BCUT2D eigenvalue weighted by atomic mass is 10.1. The second-order valence-electron chi connectivity index (χ2n) is 4.98. The minimum Gasteiger partial charge on any atom is -0.391 e. The number of alkyl halides is 3. The Kier molecular flexibility index (Phi) is 6.24. The third-order valence-electron chi connectivity index (χ3n) is 3.20. The molecular weight excluding hydrogens is 361 g/mol. The van der Waals surface area contributed by atoms with E-state index < -0.39 is 11.7 Å². The first kappa shape index (κ1) is 19.0. The fraction of sp³-hybridized carbons (Fsp3) is 0.188. The number of hydrogen-bond acceptors (Lipinski definition) is 5. The van der Waals surface area contributed by atoms with Gasteiger partial charge >= 0.3 is 6.18 Å². The zero-order valence-electron chi connectivity index (χ0n) is 13.0. The van der Waals surface area contributed by atoms with Gasteiger partial charge in [-0.2, -0.15) is 13.2 Å². The van der Waals surface area contributed by atoms with Crippen molar-refractivity contribution in [3.63, 3.8) is 0 Å². The van der Waals surface area contributed by atoms with Crippen LogP contribution in [0.15, 0.2) is 47.6 Å². The zero-order valence-corrected chi connectivity index (χ0v) is 13.7. The third-order valence-corrected chi connectivity index (χ3v) is 3.45. The van der Waals surface area contributed by atoms with Crippen molar-refractivity contribution in [1.29, 1.82) is 0 Å². The van der Waals surface area contributed by atoms with Crippen molar-refractivity contribution in [2.24, 2.45) is 5.16 Å².